The van der Waals surface area contributed by atoms with E-state index in [-0.39, 0.29) is 5.91 Å². The molecule has 0 aliphatic rings. The quantitative estimate of drug-likeness (QED) is 0.900. The summed E-state index contributed by atoms with van der Waals surface area (Å²) in [5.41, 5.74) is 7.92. The molecule has 0 aliphatic carbocycles. The van der Waals surface area contributed by atoms with Crippen LogP contribution in [0.15, 0.2) is 36.5 Å². The van der Waals surface area contributed by atoms with Gasteiger partial charge >= 0.3 is 0 Å². The van der Waals surface area contributed by atoms with Crippen LogP contribution < -0.4 is 11.1 Å². The third-order valence-corrected chi connectivity index (χ3v) is 3.12. The molecule has 19 heavy (non-hydrogen) atoms. The van der Waals surface area contributed by atoms with Crippen LogP contribution in [-0.2, 0) is 13.5 Å². The van der Waals surface area contributed by atoms with Gasteiger partial charge in [0.05, 0.1) is 5.69 Å². The molecule has 1 amide bonds. The first-order valence-electron chi connectivity index (χ1n) is 6.01. The smallest absolute Gasteiger partial charge is 0.267 e. The van der Waals surface area contributed by atoms with Crippen molar-refractivity contribution in [2.75, 3.05) is 12.3 Å². The van der Waals surface area contributed by atoms with Crippen LogP contribution >= 0.6 is 11.6 Å². The number of benzene rings is 1. The number of nitrogens with two attached hydrogens (primary N) is 1. The monoisotopic (exact) mass is 277 g/mol. The Kier molecular flexibility index (Phi) is 4.12. The molecule has 1 aromatic carbocycles. The highest BCUT2D eigenvalue weighted by Crippen LogP contribution is 2.10. The highest BCUT2D eigenvalue weighted by atomic mass is 35.5. The molecule has 0 unspecified atom stereocenters. The number of aryl methyl sites for hydroxylation is 1. The topological polar surface area (TPSA) is 60.0 Å². The van der Waals surface area contributed by atoms with Crippen LogP contribution in [0.3, 0.4) is 0 Å². The third-order valence-electron chi connectivity index (χ3n) is 2.87. The summed E-state index contributed by atoms with van der Waals surface area (Å²) in [4.78, 5) is 11.9. The van der Waals surface area contributed by atoms with E-state index in [4.69, 9.17) is 17.3 Å². The molecule has 1 heterocycles. The van der Waals surface area contributed by atoms with Crippen molar-refractivity contribution in [2.24, 2.45) is 7.05 Å². The number of carbonyl (C=O) groups excluding carboxylic acids is 1. The molecular formula is C14H16ClN3O. The Morgan fingerprint density at radius 1 is 1.37 bits per heavy atom. The van der Waals surface area contributed by atoms with E-state index in [1.807, 2.05) is 24.3 Å². The second kappa shape index (κ2) is 5.80. The largest absolute Gasteiger partial charge is 0.397 e. The molecule has 2 aromatic rings. The van der Waals surface area contributed by atoms with Crippen LogP contribution in [0.1, 0.15) is 16.1 Å². The molecule has 0 saturated carbocycles. The predicted octanol–water partition coefficient (Wildman–Crippen LogP) is 2.23. The van der Waals surface area contributed by atoms with Gasteiger partial charge in [0.1, 0.15) is 5.69 Å². The summed E-state index contributed by atoms with van der Waals surface area (Å²) in [7, 11) is 1.80. The second-order valence-electron chi connectivity index (χ2n) is 4.40. The van der Waals surface area contributed by atoms with Gasteiger partial charge in [-0.15, -0.1) is 0 Å². The lowest BCUT2D eigenvalue weighted by Crippen LogP contribution is -2.27. The van der Waals surface area contributed by atoms with Gasteiger partial charge in [0.15, 0.2) is 0 Å². The zero-order valence-corrected chi connectivity index (χ0v) is 11.4. The van der Waals surface area contributed by atoms with E-state index >= 15 is 0 Å². The molecule has 0 atom stereocenters. The summed E-state index contributed by atoms with van der Waals surface area (Å²) in [5.74, 6) is -0.117. The Labute approximate surface area is 117 Å². The van der Waals surface area contributed by atoms with Gasteiger partial charge in [0.2, 0.25) is 0 Å². The number of amides is 1. The van der Waals surface area contributed by atoms with Crippen molar-refractivity contribution in [3.63, 3.8) is 0 Å². The Morgan fingerprint density at radius 3 is 2.63 bits per heavy atom. The van der Waals surface area contributed by atoms with Gasteiger partial charge in [-0.05, 0) is 30.2 Å². The fraction of sp³-hybridized carbons (Fsp3) is 0.214. The summed E-state index contributed by atoms with van der Waals surface area (Å²) < 4.78 is 1.72. The average Bonchev–Trinajstić information content (AvgIpc) is 2.71. The summed E-state index contributed by atoms with van der Waals surface area (Å²) >= 11 is 5.81. The number of nitrogens with one attached hydrogen (secondary N) is 1. The van der Waals surface area contributed by atoms with Crippen LogP contribution in [0.5, 0.6) is 0 Å². The molecule has 1 aromatic heterocycles. The summed E-state index contributed by atoms with van der Waals surface area (Å²) in [6.07, 6.45) is 2.48. The Balaban J connectivity index is 1.87. The van der Waals surface area contributed by atoms with Crippen molar-refractivity contribution in [1.82, 2.24) is 9.88 Å². The number of nitrogen functional groups attached to an aromatic ring is 1. The normalized spacial score (nSPS) is 10.4. The van der Waals surface area contributed by atoms with Gasteiger partial charge in [-0.3, -0.25) is 4.79 Å². The highest BCUT2D eigenvalue weighted by molar-refractivity contribution is 6.30. The van der Waals surface area contributed by atoms with Crippen molar-refractivity contribution < 1.29 is 4.79 Å². The summed E-state index contributed by atoms with van der Waals surface area (Å²) in [6.45, 7) is 0.575. The van der Waals surface area contributed by atoms with Crippen LogP contribution in [0, 0.1) is 0 Å². The third kappa shape index (κ3) is 3.51. The van der Waals surface area contributed by atoms with Gasteiger partial charge in [-0.25, -0.2) is 0 Å². The molecule has 0 saturated heterocycles. The number of rotatable bonds is 4. The van der Waals surface area contributed by atoms with Gasteiger partial charge in [0.25, 0.3) is 5.91 Å². The lowest BCUT2D eigenvalue weighted by molar-refractivity contribution is 0.0946. The Hall–Kier alpha value is -1.94. The van der Waals surface area contributed by atoms with Crippen molar-refractivity contribution in [3.8, 4) is 0 Å². The van der Waals surface area contributed by atoms with Gasteiger partial charge in [0, 0.05) is 24.8 Å². The van der Waals surface area contributed by atoms with Gasteiger partial charge < -0.3 is 15.6 Å². The van der Waals surface area contributed by atoms with Crippen molar-refractivity contribution in [1.29, 1.82) is 0 Å². The minimum atomic E-state index is -0.117. The lowest BCUT2D eigenvalue weighted by Gasteiger charge is -2.06. The van der Waals surface area contributed by atoms with Gasteiger partial charge in [-0.2, -0.15) is 0 Å². The molecule has 0 fully saturated rings. The van der Waals surface area contributed by atoms with Gasteiger partial charge in [-0.1, -0.05) is 23.7 Å². The Bertz CT molecular complexity index is 575. The van der Waals surface area contributed by atoms with Crippen LogP contribution in [-0.4, -0.2) is 17.0 Å². The van der Waals surface area contributed by atoms with E-state index in [1.54, 1.807) is 23.9 Å². The molecular weight excluding hydrogens is 262 g/mol. The number of hydrogen-bond donors (Lipinski definition) is 2. The zero-order valence-electron chi connectivity index (χ0n) is 10.7. The first kappa shape index (κ1) is 13.5. The molecule has 2 rings (SSSR count). The van der Waals surface area contributed by atoms with Crippen LogP contribution in [0.25, 0.3) is 0 Å². The number of halogens is 1. The molecule has 0 aliphatic heterocycles. The van der Waals surface area contributed by atoms with E-state index in [0.29, 0.717) is 22.9 Å². The van der Waals surface area contributed by atoms with Crippen molar-refractivity contribution >= 4 is 23.2 Å². The zero-order chi connectivity index (χ0) is 13.8. The maximum Gasteiger partial charge on any atom is 0.267 e. The molecule has 0 bridgehead atoms. The first-order valence-corrected chi connectivity index (χ1v) is 6.38. The second-order valence-corrected chi connectivity index (χ2v) is 4.84. The first-order chi connectivity index (χ1) is 9.06. The molecule has 100 valence electrons. The SMILES string of the molecule is Cn1cc(N)cc1C(=O)NCCc1ccc(Cl)cc1. The standard InChI is InChI=1S/C14H16ClN3O/c1-18-9-12(16)8-13(18)14(19)17-7-6-10-2-4-11(15)5-3-10/h2-5,8-9H,6-7,16H2,1H3,(H,17,19). The van der Waals surface area contributed by atoms with E-state index in [9.17, 15) is 4.79 Å². The highest BCUT2D eigenvalue weighted by Gasteiger charge is 2.09. The molecule has 0 spiro atoms. The lowest BCUT2D eigenvalue weighted by atomic mass is 10.1. The summed E-state index contributed by atoms with van der Waals surface area (Å²) in [5, 5.41) is 3.58. The van der Waals surface area contributed by atoms with E-state index < -0.39 is 0 Å². The number of carbonyl (C=O) groups is 1. The van der Waals surface area contributed by atoms with E-state index in [2.05, 4.69) is 5.32 Å². The molecule has 4 nitrogen and oxygen atoms in total. The number of hydrogen-bond acceptors (Lipinski definition) is 2. The maximum atomic E-state index is 11.9. The maximum absolute atomic E-state index is 11.9. The van der Waals surface area contributed by atoms with E-state index in [0.717, 1.165) is 12.0 Å². The predicted molar refractivity (Wildman–Crippen MR) is 77.3 cm³/mol. The summed E-state index contributed by atoms with van der Waals surface area (Å²) in [6, 6.07) is 9.26. The van der Waals surface area contributed by atoms with Crippen LogP contribution in [0.4, 0.5) is 5.69 Å². The van der Waals surface area contributed by atoms with E-state index in [1.165, 1.54) is 0 Å². The Morgan fingerprint density at radius 2 is 2.05 bits per heavy atom. The fourth-order valence-electron chi connectivity index (χ4n) is 1.88. The minimum Gasteiger partial charge on any atom is -0.397 e. The van der Waals surface area contributed by atoms with Crippen molar-refractivity contribution in [2.45, 2.75) is 6.42 Å². The number of nitrogens with zero attached hydrogens (tertiary/aromatic N) is 1. The number of anilines is 1. The van der Waals surface area contributed by atoms with Crippen LogP contribution in [0.2, 0.25) is 5.02 Å². The molecule has 5 heteroatoms. The number of aromatic nitrogens is 1. The average molecular weight is 278 g/mol. The molecule has 3 N–H and O–H groups in total. The minimum absolute atomic E-state index is 0.117. The fourth-order valence-corrected chi connectivity index (χ4v) is 2.00. The van der Waals surface area contributed by atoms with Crippen molar-refractivity contribution in [3.05, 3.63) is 52.8 Å². The molecule has 0 radical (unpaired) electrons.